The molecule has 66 valence electrons. The zero-order valence-electron chi connectivity index (χ0n) is 13.3. The number of hydrogen-bond acceptors (Lipinski definition) is 0. The summed E-state index contributed by atoms with van der Waals surface area (Å²) in [5, 5.41) is 1.53. The summed E-state index contributed by atoms with van der Waals surface area (Å²) in [5.41, 5.74) is 0. The fourth-order valence-electron chi connectivity index (χ4n) is 1.55. The Bertz CT molecular complexity index is 869. The van der Waals surface area contributed by atoms with Crippen LogP contribution >= 0.6 is 0 Å². The van der Waals surface area contributed by atoms with Gasteiger partial charge in [0.05, 0.1) is 8.22 Å². The summed E-state index contributed by atoms with van der Waals surface area (Å²) in [5.74, 6) is 0. The molecule has 0 aromatic heterocycles. The third-order valence-corrected chi connectivity index (χ3v) is 2.21. The molecular weight excluding hydrogens is 168 g/mol. The largest absolute Gasteiger partial charge is 0.0629 e. The van der Waals surface area contributed by atoms with Crippen LogP contribution in [0.4, 0.5) is 0 Å². The van der Waals surface area contributed by atoms with Crippen LogP contribution in [0, 0.1) is 0 Å². The highest BCUT2D eigenvalue weighted by Crippen LogP contribution is 2.24. The number of fused-ring (bicyclic) bond motifs is 3. The van der Waals surface area contributed by atoms with E-state index in [0.29, 0.717) is 16.2 Å². The summed E-state index contributed by atoms with van der Waals surface area (Å²) in [6.07, 6.45) is 0. The lowest BCUT2D eigenvalue weighted by atomic mass is 10.0. The lowest BCUT2D eigenvalue weighted by Gasteiger charge is -2.02. The van der Waals surface area contributed by atoms with Gasteiger partial charge in [0, 0.05) is 0 Å². The fourth-order valence-corrected chi connectivity index (χ4v) is 1.55. The predicted octanol–water partition coefficient (Wildman–Crippen LogP) is 3.99. The Labute approximate surface area is 91.2 Å². The summed E-state index contributed by atoms with van der Waals surface area (Å²) >= 11 is 0. The second kappa shape index (κ2) is 2.85. The van der Waals surface area contributed by atoms with Crippen LogP contribution in [-0.2, 0) is 0 Å². The molecule has 0 aliphatic rings. The van der Waals surface area contributed by atoms with Crippen molar-refractivity contribution in [2.24, 2.45) is 0 Å². The number of benzene rings is 3. The molecule has 0 aliphatic carbocycles. The molecule has 0 bridgehead atoms. The molecule has 0 spiro atoms. The van der Waals surface area contributed by atoms with E-state index in [-0.39, 0.29) is 41.6 Å². The highest BCUT2D eigenvalue weighted by Gasteiger charge is 1.97. The van der Waals surface area contributed by atoms with Crippen molar-refractivity contribution in [3.8, 4) is 0 Å². The van der Waals surface area contributed by atoms with Gasteiger partial charge in [0.1, 0.15) is 0 Å². The highest BCUT2D eigenvalue weighted by atomic mass is 14.0. The van der Waals surface area contributed by atoms with Gasteiger partial charge in [0.25, 0.3) is 0 Å². The normalized spacial score (nSPS) is 16.9. The lowest BCUT2D eigenvalue weighted by molar-refractivity contribution is 1.76. The molecule has 0 saturated heterocycles. The second-order valence-corrected chi connectivity index (χ2v) is 3.05. The van der Waals surface area contributed by atoms with E-state index >= 15 is 0 Å². The Hall–Kier alpha value is -1.82. The lowest BCUT2D eigenvalue weighted by Crippen LogP contribution is -1.75. The summed E-state index contributed by atoms with van der Waals surface area (Å²) in [4.78, 5) is 0. The van der Waals surface area contributed by atoms with Crippen molar-refractivity contribution in [3.63, 3.8) is 0 Å². The van der Waals surface area contributed by atoms with Crippen LogP contribution in [0.2, 0.25) is 0 Å². The van der Waals surface area contributed by atoms with Gasteiger partial charge in [-0.05, 0) is 21.5 Å². The fraction of sp³-hybridized carbons (Fsp3) is 0. The van der Waals surface area contributed by atoms with E-state index in [0.717, 1.165) is 0 Å². The maximum Gasteiger partial charge on any atom is 0.0629 e. The third-order valence-electron chi connectivity index (χ3n) is 2.21. The summed E-state index contributed by atoms with van der Waals surface area (Å²) in [6.45, 7) is 0. The van der Waals surface area contributed by atoms with Gasteiger partial charge >= 0.3 is 0 Å². The third kappa shape index (κ3) is 1.01. The topological polar surface area (TPSA) is 0 Å². The van der Waals surface area contributed by atoms with E-state index in [1.807, 2.05) is 0 Å². The molecule has 3 rings (SSSR count). The van der Waals surface area contributed by atoms with Crippen LogP contribution in [0.15, 0.2) is 60.5 Å². The predicted molar refractivity (Wildman–Crippen MR) is 61.5 cm³/mol. The van der Waals surface area contributed by atoms with Gasteiger partial charge < -0.3 is 0 Å². The minimum atomic E-state index is -0.370. The number of rotatable bonds is 0. The minimum Gasteiger partial charge on any atom is -0.0616 e. The molecule has 3 aromatic carbocycles. The molecular formula is C14H10. The molecule has 14 heavy (non-hydrogen) atoms. The Morgan fingerprint density at radius 3 is 2.50 bits per heavy atom. The van der Waals surface area contributed by atoms with E-state index in [1.165, 1.54) is 0 Å². The first-order chi connectivity index (χ1) is 9.45. The minimum absolute atomic E-state index is 0.0156. The van der Waals surface area contributed by atoms with Gasteiger partial charge in [0.15, 0.2) is 0 Å². The molecule has 0 unspecified atom stereocenters. The van der Waals surface area contributed by atoms with Gasteiger partial charge in [-0.2, -0.15) is 0 Å². The first kappa shape index (κ1) is 3.74. The molecule has 0 N–H and O–H groups in total. The van der Waals surface area contributed by atoms with Gasteiger partial charge in [-0.25, -0.2) is 0 Å². The molecule has 0 aliphatic heterocycles. The molecule has 3 aromatic rings. The maximum atomic E-state index is 8.04. The van der Waals surface area contributed by atoms with Crippen LogP contribution < -0.4 is 0 Å². The zero-order chi connectivity index (χ0) is 14.6. The van der Waals surface area contributed by atoms with Gasteiger partial charge in [-0.3, -0.25) is 0 Å². The number of hydrogen-bond donors (Lipinski definition) is 0. The smallest absolute Gasteiger partial charge is 0.0616 e. The summed E-state index contributed by atoms with van der Waals surface area (Å²) in [7, 11) is 0. The van der Waals surface area contributed by atoms with Crippen molar-refractivity contribution in [1.82, 2.24) is 0 Å². The zero-order valence-corrected chi connectivity index (χ0v) is 7.31. The highest BCUT2D eigenvalue weighted by molar-refractivity contribution is 6.07. The van der Waals surface area contributed by atoms with Crippen molar-refractivity contribution < 1.29 is 8.22 Å². The quantitative estimate of drug-likeness (QED) is 0.463. The van der Waals surface area contributed by atoms with Crippen LogP contribution in [0.25, 0.3) is 21.5 Å². The molecule has 0 heterocycles. The van der Waals surface area contributed by atoms with Crippen LogP contribution in [0.3, 0.4) is 0 Å². The van der Waals surface area contributed by atoms with Crippen molar-refractivity contribution in [2.45, 2.75) is 0 Å². The van der Waals surface area contributed by atoms with Crippen molar-refractivity contribution >= 4 is 21.5 Å². The van der Waals surface area contributed by atoms with E-state index < -0.39 is 0 Å². The molecule has 0 amide bonds. The molecule has 0 fully saturated rings. The maximum absolute atomic E-state index is 8.04. The average Bonchev–Trinajstić information content (AvgIpc) is 2.46. The van der Waals surface area contributed by atoms with Crippen LogP contribution in [-0.4, -0.2) is 0 Å². The summed E-state index contributed by atoms with van der Waals surface area (Å²) in [6, 6.07) is 5.63. The summed E-state index contributed by atoms with van der Waals surface area (Å²) < 4.78 is 47.5. The van der Waals surface area contributed by atoms with Crippen LogP contribution in [0.5, 0.6) is 0 Å². The Morgan fingerprint density at radius 2 is 1.50 bits per heavy atom. The Balaban J connectivity index is 2.77. The van der Waals surface area contributed by atoms with Crippen molar-refractivity contribution in [1.29, 1.82) is 0 Å². The molecule has 0 heteroatoms. The standard InChI is InChI=1S/C14H10/c1-3-7-13-11(5-1)9-10-12-6-2-4-8-14(12)13/h1-10H/i1D,3D,5D,7D,9D,10D. The van der Waals surface area contributed by atoms with E-state index in [4.69, 9.17) is 8.22 Å². The second-order valence-electron chi connectivity index (χ2n) is 3.05. The van der Waals surface area contributed by atoms with Crippen LogP contribution in [0.1, 0.15) is 8.22 Å². The van der Waals surface area contributed by atoms with Gasteiger partial charge in [0.2, 0.25) is 0 Å². The molecule has 0 atom stereocenters. The van der Waals surface area contributed by atoms with E-state index in [2.05, 4.69) is 0 Å². The van der Waals surface area contributed by atoms with Gasteiger partial charge in [-0.15, -0.1) is 0 Å². The van der Waals surface area contributed by atoms with Gasteiger partial charge in [-0.1, -0.05) is 60.5 Å². The van der Waals surface area contributed by atoms with Crippen molar-refractivity contribution in [2.75, 3.05) is 0 Å². The average molecular weight is 184 g/mol. The Morgan fingerprint density at radius 1 is 0.714 bits per heavy atom. The van der Waals surface area contributed by atoms with E-state index in [1.54, 1.807) is 24.3 Å². The molecule has 0 saturated carbocycles. The Kier molecular flexibility index (Phi) is 0.760. The first-order valence-electron chi connectivity index (χ1n) is 7.33. The SMILES string of the molecule is [2H]c1c([2H])c([2H])c2c(c1[2H])c([2H])c([2H])c1ccccc12. The van der Waals surface area contributed by atoms with Crippen molar-refractivity contribution in [3.05, 3.63) is 60.5 Å². The van der Waals surface area contributed by atoms with E-state index in [9.17, 15) is 0 Å². The molecule has 0 radical (unpaired) electrons. The monoisotopic (exact) mass is 184 g/mol. The molecule has 0 nitrogen and oxygen atoms in total. The first-order valence-corrected chi connectivity index (χ1v) is 4.33.